The van der Waals surface area contributed by atoms with Crippen LogP contribution in [-0.2, 0) is 14.8 Å². The highest BCUT2D eigenvalue weighted by molar-refractivity contribution is 7.89. The molecule has 4 rings (SSSR count). The normalized spacial score (nSPS) is 19.3. The Morgan fingerprint density at radius 2 is 1.57 bits per heavy atom. The molecule has 0 bridgehead atoms. The summed E-state index contributed by atoms with van der Waals surface area (Å²) in [7, 11) is -0.0714. The van der Waals surface area contributed by atoms with E-state index in [0.29, 0.717) is 44.7 Å². The van der Waals surface area contributed by atoms with Crippen LogP contribution in [0.4, 0.5) is 0 Å². The number of para-hydroxylation sites is 1. The summed E-state index contributed by atoms with van der Waals surface area (Å²) in [5.74, 6) is 1.38. The van der Waals surface area contributed by atoms with Crippen LogP contribution in [0.1, 0.15) is 19.3 Å². The van der Waals surface area contributed by atoms with Crippen molar-refractivity contribution in [2.75, 3.05) is 60.0 Å². The Bertz CT molecular complexity index is 1090. The van der Waals surface area contributed by atoms with Crippen molar-refractivity contribution < 1.29 is 22.7 Å². The highest BCUT2D eigenvalue weighted by Crippen LogP contribution is 2.38. The lowest BCUT2D eigenvalue weighted by molar-refractivity contribution is -0.136. The first kappa shape index (κ1) is 25.5. The van der Waals surface area contributed by atoms with Crippen molar-refractivity contribution in [2.24, 2.45) is 5.41 Å². The number of likely N-dealkylation sites (N-methyl/N-ethyl adjacent to an activating group) is 1. The zero-order chi connectivity index (χ0) is 24.9. The van der Waals surface area contributed by atoms with Crippen LogP contribution in [0, 0.1) is 5.41 Å². The van der Waals surface area contributed by atoms with Crippen molar-refractivity contribution in [3.05, 3.63) is 54.6 Å². The summed E-state index contributed by atoms with van der Waals surface area (Å²) in [4.78, 5) is 17.6. The minimum atomic E-state index is -3.66. The second-order valence-corrected chi connectivity index (χ2v) is 11.5. The van der Waals surface area contributed by atoms with Gasteiger partial charge in [0, 0.05) is 57.2 Å². The molecular weight excluding hydrogens is 466 g/mol. The summed E-state index contributed by atoms with van der Waals surface area (Å²) in [6.45, 7) is 4.24. The molecule has 190 valence electrons. The summed E-state index contributed by atoms with van der Waals surface area (Å²) in [5.41, 5.74) is -0.420. The van der Waals surface area contributed by atoms with E-state index in [0.717, 1.165) is 31.9 Å². The lowest BCUT2D eigenvalue weighted by Crippen LogP contribution is -2.51. The Hall–Kier alpha value is -2.62. The summed E-state index contributed by atoms with van der Waals surface area (Å²) in [5, 5.41) is 0. The van der Waals surface area contributed by atoms with E-state index in [2.05, 4.69) is 11.9 Å². The molecule has 2 aromatic rings. The molecule has 0 aliphatic carbocycles. The second kappa shape index (κ2) is 11.0. The molecule has 0 atom stereocenters. The van der Waals surface area contributed by atoms with Crippen molar-refractivity contribution in [1.29, 1.82) is 0 Å². The number of methoxy groups -OCH3 is 1. The molecule has 2 heterocycles. The standard InChI is InChI=1S/C26H35N3O5S/c1-27-15-17-28(18-16-27)25(30)20-26(21-34-22-7-4-3-5-8-22)11-13-29(14-12-26)35(31,32)24-10-6-9-23(19-24)33-2/h3-10,19H,11-18,20-21H2,1-2H3. The number of hydrogen-bond donors (Lipinski definition) is 0. The largest absolute Gasteiger partial charge is 0.497 e. The Labute approximate surface area is 208 Å². The van der Waals surface area contributed by atoms with E-state index in [9.17, 15) is 13.2 Å². The molecule has 0 radical (unpaired) electrons. The van der Waals surface area contributed by atoms with E-state index in [1.54, 1.807) is 24.3 Å². The number of carbonyl (C=O) groups excluding carboxylic acids is 1. The maximum atomic E-state index is 13.3. The molecular formula is C26H35N3O5S. The number of sulfonamides is 1. The van der Waals surface area contributed by atoms with Crippen molar-refractivity contribution >= 4 is 15.9 Å². The van der Waals surface area contributed by atoms with Crippen molar-refractivity contribution in [2.45, 2.75) is 24.2 Å². The molecule has 9 heteroatoms. The number of piperazine rings is 1. The zero-order valence-corrected chi connectivity index (χ0v) is 21.4. The van der Waals surface area contributed by atoms with Crippen LogP contribution in [0.3, 0.4) is 0 Å². The van der Waals surface area contributed by atoms with Gasteiger partial charge in [-0.25, -0.2) is 8.42 Å². The summed E-state index contributed by atoms with van der Waals surface area (Å²) in [6, 6.07) is 16.1. The molecule has 2 aliphatic heterocycles. The van der Waals surface area contributed by atoms with Gasteiger partial charge in [-0.1, -0.05) is 24.3 Å². The fourth-order valence-electron chi connectivity index (χ4n) is 4.73. The molecule has 1 amide bonds. The molecule has 8 nitrogen and oxygen atoms in total. The van der Waals surface area contributed by atoms with Crippen molar-refractivity contribution in [1.82, 2.24) is 14.1 Å². The third kappa shape index (κ3) is 6.15. The van der Waals surface area contributed by atoms with Crippen LogP contribution in [0.25, 0.3) is 0 Å². The molecule has 0 spiro atoms. The fraction of sp³-hybridized carbons (Fsp3) is 0.500. The van der Waals surface area contributed by atoms with E-state index in [1.165, 1.54) is 11.4 Å². The molecule has 0 saturated carbocycles. The predicted molar refractivity (Wildman–Crippen MR) is 134 cm³/mol. The first-order valence-electron chi connectivity index (χ1n) is 12.1. The number of amides is 1. The van der Waals surface area contributed by atoms with E-state index in [1.807, 2.05) is 35.2 Å². The lowest BCUT2D eigenvalue weighted by Gasteiger charge is -2.42. The predicted octanol–water partition coefficient (Wildman–Crippen LogP) is 2.71. The van der Waals surface area contributed by atoms with Gasteiger partial charge in [-0.15, -0.1) is 0 Å². The van der Waals surface area contributed by atoms with E-state index >= 15 is 0 Å². The average Bonchev–Trinajstić information content (AvgIpc) is 2.89. The maximum absolute atomic E-state index is 13.3. The number of rotatable bonds is 8. The molecule has 2 aliphatic rings. The van der Waals surface area contributed by atoms with Crippen molar-refractivity contribution in [3.8, 4) is 11.5 Å². The minimum Gasteiger partial charge on any atom is -0.497 e. The zero-order valence-electron chi connectivity index (χ0n) is 20.6. The highest BCUT2D eigenvalue weighted by atomic mass is 32.2. The molecule has 0 aromatic heterocycles. The summed E-state index contributed by atoms with van der Waals surface area (Å²) < 4.78 is 39.5. The van der Waals surface area contributed by atoms with Crippen LogP contribution in [0.5, 0.6) is 11.5 Å². The Morgan fingerprint density at radius 3 is 2.23 bits per heavy atom. The number of ether oxygens (including phenoxy) is 2. The number of piperidine rings is 1. The van der Waals surface area contributed by atoms with Gasteiger partial charge in [0.15, 0.2) is 0 Å². The summed E-state index contributed by atoms with van der Waals surface area (Å²) >= 11 is 0. The lowest BCUT2D eigenvalue weighted by atomic mass is 9.76. The van der Waals surface area contributed by atoms with Gasteiger partial charge in [0.25, 0.3) is 0 Å². The average molecular weight is 502 g/mol. The Morgan fingerprint density at radius 1 is 0.914 bits per heavy atom. The monoisotopic (exact) mass is 501 g/mol. The number of nitrogens with zero attached hydrogens (tertiary/aromatic N) is 3. The third-order valence-corrected chi connectivity index (χ3v) is 9.03. The molecule has 2 aromatic carbocycles. The van der Waals surface area contributed by atoms with Gasteiger partial charge in [-0.2, -0.15) is 4.31 Å². The van der Waals surface area contributed by atoms with Crippen molar-refractivity contribution in [3.63, 3.8) is 0 Å². The van der Waals surface area contributed by atoms with E-state index in [4.69, 9.17) is 9.47 Å². The van der Waals surface area contributed by atoms with Crippen LogP contribution in [0.15, 0.2) is 59.5 Å². The first-order valence-corrected chi connectivity index (χ1v) is 13.5. The SMILES string of the molecule is COc1cccc(S(=O)(=O)N2CCC(COc3ccccc3)(CC(=O)N3CCN(C)CC3)CC2)c1. The van der Waals surface area contributed by atoms with Crippen LogP contribution in [0.2, 0.25) is 0 Å². The molecule has 0 N–H and O–H groups in total. The highest BCUT2D eigenvalue weighted by Gasteiger charge is 2.42. The first-order chi connectivity index (χ1) is 16.8. The Kier molecular flexibility index (Phi) is 7.98. The second-order valence-electron chi connectivity index (χ2n) is 9.55. The van der Waals surface area contributed by atoms with E-state index < -0.39 is 15.4 Å². The molecule has 35 heavy (non-hydrogen) atoms. The fourth-order valence-corrected chi connectivity index (χ4v) is 6.20. The quantitative estimate of drug-likeness (QED) is 0.554. The van der Waals surface area contributed by atoms with Gasteiger partial charge in [-0.05, 0) is 44.2 Å². The number of carbonyl (C=O) groups is 1. The van der Waals surface area contributed by atoms with E-state index in [-0.39, 0.29) is 10.8 Å². The molecule has 2 fully saturated rings. The number of hydrogen-bond acceptors (Lipinski definition) is 6. The smallest absolute Gasteiger partial charge is 0.243 e. The molecule has 0 unspecified atom stereocenters. The molecule has 2 saturated heterocycles. The Balaban J connectivity index is 1.48. The van der Waals surface area contributed by atoms with Gasteiger partial charge in [0.1, 0.15) is 11.5 Å². The maximum Gasteiger partial charge on any atom is 0.243 e. The van der Waals surface area contributed by atoms with Crippen LogP contribution in [-0.4, -0.2) is 88.5 Å². The minimum absolute atomic E-state index is 0.124. The van der Waals surface area contributed by atoms with Crippen LogP contribution >= 0.6 is 0 Å². The van der Waals surface area contributed by atoms with Gasteiger partial charge in [-0.3, -0.25) is 4.79 Å². The topological polar surface area (TPSA) is 79.4 Å². The van der Waals surface area contributed by atoms with Gasteiger partial charge < -0.3 is 19.3 Å². The van der Waals surface area contributed by atoms with Gasteiger partial charge in [0.05, 0.1) is 18.6 Å². The van der Waals surface area contributed by atoms with Gasteiger partial charge in [0.2, 0.25) is 15.9 Å². The summed E-state index contributed by atoms with van der Waals surface area (Å²) in [6.07, 6.45) is 1.47. The van der Waals surface area contributed by atoms with Gasteiger partial charge >= 0.3 is 0 Å². The third-order valence-electron chi connectivity index (χ3n) is 7.13. The van der Waals surface area contributed by atoms with Crippen LogP contribution < -0.4 is 9.47 Å². The number of benzene rings is 2.